The molecule has 0 radical (unpaired) electrons. The molecule has 0 aliphatic rings. The number of hydroxylamine groups is 2. The van der Waals surface area contributed by atoms with Crippen LogP contribution in [0.15, 0.2) is 54.9 Å². The van der Waals surface area contributed by atoms with E-state index < -0.39 is 0 Å². The highest BCUT2D eigenvalue weighted by Gasteiger charge is 2.12. The average Bonchev–Trinajstić information content (AvgIpc) is 2.40. The van der Waals surface area contributed by atoms with Crippen molar-refractivity contribution in [2.24, 2.45) is 0 Å². The molecular weight excluding hydrogens is 228 g/mol. The zero-order chi connectivity index (χ0) is 13.0. The van der Waals surface area contributed by atoms with Gasteiger partial charge in [0, 0.05) is 19.2 Å². The Morgan fingerprint density at radius 2 is 1.67 bits per heavy atom. The number of likely N-dealkylation sites (N-methyl/N-ethyl adjacent to an activating group) is 1. The smallest absolute Gasteiger partial charge is 0.286 e. The van der Waals surface area contributed by atoms with Crippen LogP contribution in [0.2, 0.25) is 0 Å². The second kappa shape index (κ2) is 5.42. The van der Waals surface area contributed by atoms with Crippen LogP contribution in [0, 0.1) is 0 Å². The first-order chi connectivity index (χ1) is 8.66. The summed E-state index contributed by atoms with van der Waals surface area (Å²) in [5, 5.41) is 9.58. The number of hydrogen-bond donors (Lipinski definition) is 1. The maximum atomic E-state index is 11.3. The third-order valence-electron chi connectivity index (χ3n) is 2.68. The molecule has 2 aromatic rings. The maximum absolute atomic E-state index is 11.3. The van der Waals surface area contributed by atoms with E-state index in [1.165, 1.54) is 7.05 Å². The lowest BCUT2D eigenvalue weighted by Gasteiger charge is -2.05. The van der Waals surface area contributed by atoms with E-state index in [-0.39, 0.29) is 12.5 Å². The van der Waals surface area contributed by atoms with Crippen molar-refractivity contribution in [1.29, 1.82) is 0 Å². The third-order valence-corrected chi connectivity index (χ3v) is 2.68. The average molecular weight is 243 g/mol. The Balaban J connectivity index is 2.13. The van der Waals surface area contributed by atoms with Gasteiger partial charge in [-0.1, -0.05) is 30.3 Å². The summed E-state index contributed by atoms with van der Waals surface area (Å²) in [4.78, 5) is 11.3. The fraction of sp³-hybridized carbons (Fsp3) is 0.143. The monoisotopic (exact) mass is 243 g/mol. The highest BCUT2D eigenvalue weighted by Crippen LogP contribution is 2.16. The topological polar surface area (TPSA) is 44.4 Å². The maximum Gasteiger partial charge on any atom is 0.311 e. The fourth-order valence-electron chi connectivity index (χ4n) is 1.64. The van der Waals surface area contributed by atoms with Crippen molar-refractivity contribution in [2.75, 3.05) is 7.05 Å². The molecule has 4 heteroatoms. The Morgan fingerprint density at radius 1 is 1.11 bits per heavy atom. The lowest BCUT2D eigenvalue weighted by Crippen LogP contribution is -2.42. The molecule has 0 saturated carbocycles. The van der Waals surface area contributed by atoms with Gasteiger partial charge >= 0.3 is 5.91 Å². The Hall–Kier alpha value is -2.20. The molecule has 2 rings (SSSR count). The zero-order valence-corrected chi connectivity index (χ0v) is 10.2. The van der Waals surface area contributed by atoms with E-state index in [1.807, 2.05) is 54.9 Å². The molecule has 0 aliphatic heterocycles. The minimum absolute atomic E-state index is 0.127. The second-order valence-electron chi connectivity index (χ2n) is 4.04. The van der Waals surface area contributed by atoms with Crippen LogP contribution in [0.4, 0.5) is 0 Å². The molecule has 0 aliphatic carbocycles. The normalized spacial score (nSPS) is 10.1. The van der Waals surface area contributed by atoms with Crippen molar-refractivity contribution in [1.82, 2.24) is 5.06 Å². The summed E-state index contributed by atoms with van der Waals surface area (Å²) < 4.78 is 1.72. The minimum Gasteiger partial charge on any atom is -0.286 e. The quantitative estimate of drug-likeness (QED) is 0.504. The van der Waals surface area contributed by atoms with E-state index in [0.717, 1.165) is 11.1 Å². The number of carbonyl (C=O) groups is 1. The minimum atomic E-state index is -0.354. The fourth-order valence-corrected chi connectivity index (χ4v) is 1.64. The van der Waals surface area contributed by atoms with Gasteiger partial charge in [0.2, 0.25) is 6.54 Å². The van der Waals surface area contributed by atoms with Gasteiger partial charge in [0.15, 0.2) is 12.4 Å². The zero-order valence-electron chi connectivity index (χ0n) is 10.2. The number of carbonyl (C=O) groups excluding carboxylic acids is 1. The Kier molecular flexibility index (Phi) is 3.69. The van der Waals surface area contributed by atoms with Crippen molar-refractivity contribution in [3.05, 3.63) is 54.9 Å². The molecule has 0 unspecified atom stereocenters. The summed E-state index contributed by atoms with van der Waals surface area (Å²) in [7, 11) is 1.32. The van der Waals surface area contributed by atoms with Crippen LogP contribution in [0.25, 0.3) is 11.1 Å². The van der Waals surface area contributed by atoms with Crippen LogP contribution < -0.4 is 4.57 Å². The number of rotatable bonds is 3. The van der Waals surface area contributed by atoms with E-state index in [9.17, 15) is 4.79 Å². The number of amides is 1. The Morgan fingerprint density at radius 3 is 2.22 bits per heavy atom. The molecule has 1 heterocycles. The molecule has 0 bridgehead atoms. The Bertz CT molecular complexity index is 521. The number of pyridine rings is 1. The number of nitrogens with zero attached hydrogens (tertiary/aromatic N) is 2. The van der Waals surface area contributed by atoms with E-state index in [4.69, 9.17) is 5.21 Å². The molecule has 1 aromatic carbocycles. The third kappa shape index (κ3) is 2.93. The second-order valence-corrected chi connectivity index (χ2v) is 4.04. The van der Waals surface area contributed by atoms with Crippen LogP contribution in [0.3, 0.4) is 0 Å². The molecule has 18 heavy (non-hydrogen) atoms. The molecule has 92 valence electrons. The van der Waals surface area contributed by atoms with Gasteiger partial charge in [0.25, 0.3) is 0 Å². The van der Waals surface area contributed by atoms with Crippen LogP contribution in [-0.4, -0.2) is 23.2 Å². The van der Waals surface area contributed by atoms with Gasteiger partial charge in [-0.3, -0.25) is 10.0 Å². The van der Waals surface area contributed by atoms with Crippen LogP contribution in [-0.2, 0) is 11.3 Å². The predicted molar refractivity (Wildman–Crippen MR) is 66.6 cm³/mol. The van der Waals surface area contributed by atoms with Crippen LogP contribution in [0.1, 0.15) is 0 Å². The SMILES string of the molecule is CN(O)C(=O)C[n+]1ccc(-c2ccccc2)cc1. The van der Waals surface area contributed by atoms with Gasteiger partial charge in [-0.2, -0.15) is 4.57 Å². The molecule has 0 atom stereocenters. The summed E-state index contributed by atoms with van der Waals surface area (Å²) in [5.74, 6) is -0.354. The molecule has 1 amide bonds. The van der Waals surface area contributed by atoms with E-state index in [1.54, 1.807) is 4.57 Å². The molecule has 1 aromatic heterocycles. The first kappa shape index (κ1) is 12.3. The summed E-state index contributed by atoms with van der Waals surface area (Å²) in [6.07, 6.45) is 3.65. The largest absolute Gasteiger partial charge is 0.311 e. The highest BCUT2D eigenvalue weighted by atomic mass is 16.5. The van der Waals surface area contributed by atoms with Crippen molar-refractivity contribution >= 4 is 5.91 Å². The van der Waals surface area contributed by atoms with Crippen molar-refractivity contribution < 1.29 is 14.6 Å². The van der Waals surface area contributed by atoms with E-state index in [2.05, 4.69) is 0 Å². The summed E-state index contributed by atoms with van der Waals surface area (Å²) in [5.41, 5.74) is 2.23. The number of benzene rings is 1. The summed E-state index contributed by atoms with van der Waals surface area (Å²) in [6, 6.07) is 13.9. The molecule has 0 fully saturated rings. The first-order valence-electron chi connectivity index (χ1n) is 5.67. The van der Waals surface area contributed by atoms with Crippen LogP contribution in [0.5, 0.6) is 0 Å². The highest BCUT2D eigenvalue weighted by molar-refractivity contribution is 5.73. The van der Waals surface area contributed by atoms with Gasteiger partial charge in [-0.25, -0.2) is 5.06 Å². The number of hydrogen-bond acceptors (Lipinski definition) is 2. The van der Waals surface area contributed by atoms with E-state index in [0.29, 0.717) is 5.06 Å². The summed E-state index contributed by atoms with van der Waals surface area (Å²) in [6.45, 7) is 0.127. The van der Waals surface area contributed by atoms with Gasteiger partial charge in [-0.05, 0) is 11.1 Å². The lowest BCUT2D eigenvalue weighted by molar-refractivity contribution is -0.685. The van der Waals surface area contributed by atoms with Gasteiger partial charge in [0.05, 0.1) is 0 Å². The van der Waals surface area contributed by atoms with Crippen molar-refractivity contribution in [3.8, 4) is 11.1 Å². The van der Waals surface area contributed by atoms with Crippen LogP contribution >= 0.6 is 0 Å². The molecule has 0 spiro atoms. The molecular formula is C14H15N2O2+. The van der Waals surface area contributed by atoms with Gasteiger partial charge in [-0.15, -0.1) is 0 Å². The first-order valence-corrected chi connectivity index (χ1v) is 5.67. The van der Waals surface area contributed by atoms with Gasteiger partial charge < -0.3 is 0 Å². The standard InChI is InChI=1S/C14H15N2O2/c1-15(18)14(17)11-16-9-7-13(8-10-16)12-5-3-2-4-6-12/h2-10,18H,11H2,1H3/q+1. The van der Waals surface area contributed by atoms with Crippen molar-refractivity contribution in [2.45, 2.75) is 6.54 Å². The summed E-state index contributed by atoms with van der Waals surface area (Å²) >= 11 is 0. The lowest BCUT2D eigenvalue weighted by atomic mass is 10.1. The van der Waals surface area contributed by atoms with Gasteiger partial charge in [0.1, 0.15) is 0 Å². The Labute approximate surface area is 106 Å². The van der Waals surface area contributed by atoms with Crippen molar-refractivity contribution in [3.63, 3.8) is 0 Å². The molecule has 1 N–H and O–H groups in total. The molecule has 4 nitrogen and oxygen atoms in total. The number of aromatic nitrogens is 1. The predicted octanol–water partition coefficient (Wildman–Crippen LogP) is 1.49. The van der Waals surface area contributed by atoms with E-state index >= 15 is 0 Å². The molecule has 0 saturated heterocycles.